The van der Waals surface area contributed by atoms with Crippen molar-refractivity contribution in [2.75, 3.05) is 18.9 Å². The summed E-state index contributed by atoms with van der Waals surface area (Å²) in [7, 11) is 1.62. The summed E-state index contributed by atoms with van der Waals surface area (Å²) in [6, 6.07) is 10.0. The van der Waals surface area contributed by atoms with Crippen molar-refractivity contribution in [1.82, 2.24) is 10.2 Å². The summed E-state index contributed by atoms with van der Waals surface area (Å²) < 4.78 is 42.6. The highest BCUT2D eigenvalue weighted by atomic mass is 19.4. The van der Waals surface area contributed by atoms with Crippen LogP contribution in [0, 0.1) is 12.3 Å². The van der Waals surface area contributed by atoms with Crippen molar-refractivity contribution in [3.8, 4) is 16.9 Å². The minimum atomic E-state index is -4.82. The molecule has 10 heteroatoms. The van der Waals surface area contributed by atoms with E-state index in [0.717, 1.165) is 19.1 Å². The molecule has 3 rings (SSSR count). The van der Waals surface area contributed by atoms with Gasteiger partial charge in [0.1, 0.15) is 11.8 Å². The number of aryl methyl sites for hydroxylation is 1. The highest BCUT2D eigenvalue weighted by Gasteiger charge is 2.34. The minimum Gasteiger partial charge on any atom is -0.405 e. The fourth-order valence-corrected chi connectivity index (χ4v) is 4.11. The van der Waals surface area contributed by atoms with E-state index in [-0.39, 0.29) is 22.8 Å². The topological polar surface area (TPSA) is 94.5 Å². The van der Waals surface area contributed by atoms with Crippen molar-refractivity contribution >= 4 is 23.7 Å². The third-order valence-electron chi connectivity index (χ3n) is 5.67. The van der Waals surface area contributed by atoms with Crippen LogP contribution in [0.25, 0.3) is 11.1 Å². The molecule has 0 radical (unpaired) electrons. The lowest BCUT2D eigenvalue weighted by atomic mass is 9.98. The third kappa shape index (κ3) is 6.40. The van der Waals surface area contributed by atoms with Gasteiger partial charge in [-0.1, -0.05) is 24.3 Å². The monoisotopic (exact) mass is 488 g/mol. The molecule has 2 amide bonds. The van der Waals surface area contributed by atoms with Gasteiger partial charge in [0.15, 0.2) is 0 Å². The van der Waals surface area contributed by atoms with Gasteiger partial charge in [-0.25, -0.2) is 0 Å². The zero-order valence-corrected chi connectivity index (χ0v) is 19.4. The Bertz CT molecular complexity index is 1130. The van der Waals surface area contributed by atoms with Gasteiger partial charge in [-0.2, -0.15) is 0 Å². The average Bonchev–Trinajstić information content (AvgIpc) is 2.82. The fraction of sp³-hybridized carbons (Fsp3) is 0.320. The normalized spacial score (nSPS) is 16.4. The van der Waals surface area contributed by atoms with Crippen LogP contribution in [0.5, 0.6) is 5.75 Å². The Morgan fingerprint density at radius 3 is 2.54 bits per heavy atom. The molecule has 186 valence electrons. The van der Waals surface area contributed by atoms with Crippen LogP contribution in [0.1, 0.15) is 24.8 Å². The fourth-order valence-electron chi connectivity index (χ4n) is 4.11. The van der Waals surface area contributed by atoms with Crippen LogP contribution in [0.15, 0.2) is 54.2 Å². The number of nitrogens with zero attached hydrogens (tertiary/aromatic N) is 1. The molecular weight excluding hydrogens is 461 g/mol. The number of piperidine rings is 1. The second-order valence-electron chi connectivity index (χ2n) is 8.11. The summed E-state index contributed by atoms with van der Waals surface area (Å²) in [4.78, 5) is 27.4. The second kappa shape index (κ2) is 11.1. The van der Waals surface area contributed by atoms with E-state index in [4.69, 9.17) is 5.41 Å². The van der Waals surface area contributed by atoms with Crippen molar-refractivity contribution in [3.63, 3.8) is 0 Å². The number of hydrogen-bond acceptors (Lipinski definition) is 5. The van der Waals surface area contributed by atoms with Crippen LogP contribution < -0.4 is 15.4 Å². The van der Waals surface area contributed by atoms with E-state index in [1.807, 2.05) is 0 Å². The number of halogens is 3. The summed E-state index contributed by atoms with van der Waals surface area (Å²) in [5.41, 5.74) is 2.05. The Morgan fingerprint density at radius 2 is 1.89 bits per heavy atom. The predicted molar refractivity (Wildman–Crippen MR) is 127 cm³/mol. The maximum absolute atomic E-state index is 13.1. The van der Waals surface area contributed by atoms with E-state index < -0.39 is 18.3 Å². The van der Waals surface area contributed by atoms with E-state index >= 15 is 0 Å². The number of nitrogens with one attached hydrogen (secondary N) is 3. The van der Waals surface area contributed by atoms with Gasteiger partial charge < -0.3 is 25.7 Å². The molecule has 35 heavy (non-hydrogen) atoms. The first-order valence-electron chi connectivity index (χ1n) is 11.1. The molecule has 1 aliphatic rings. The van der Waals surface area contributed by atoms with Crippen molar-refractivity contribution < 1.29 is 27.5 Å². The van der Waals surface area contributed by atoms with Crippen LogP contribution in [0.4, 0.5) is 18.9 Å². The Labute approximate surface area is 201 Å². The summed E-state index contributed by atoms with van der Waals surface area (Å²) in [6.07, 6.45) is -0.423. The van der Waals surface area contributed by atoms with E-state index in [9.17, 15) is 22.8 Å². The minimum absolute atomic E-state index is 0.145. The number of amides is 2. The molecule has 1 unspecified atom stereocenters. The largest absolute Gasteiger partial charge is 0.573 e. The quantitative estimate of drug-likeness (QED) is 0.391. The Kier molecular flexibility index (Phi) is 8.16. The average molecular weight is 489 g/mol. The van der Waals surface area contributed by atoms with E-state index in [0.29, 0.717) is 29.8 Å². The molecule has 0 saturated carbocycles. The van der Waals surface area contributed by atoms with Gasteiger partial charge in [-0.05, 0) is 55.5 Å². The maximum atomic E-state index is 13.1. The molecule has 0 spiro atoms. The number of anilines is 1. The molecule has 1 fully saturated rings. The number of benzene rings is 2. The van der Waals surface area contributed by atoms with Crippen molar-refractivity contribution in [3.05, 3.63) is 59.8 Å². The van der Waals surface area contributed by atoms with Gasteiger partial charge in [0.05, 0.1) is 5.57 Å². The number of ether oxygens (including phenoxy) is 1. The number of likely N-dealkylation sites (tertiary alicyclic amines) is 1. The van der Waals surface area contributed by atoms with Crippen molar-refractivity contribution in [2.45, 2.75) is 38.6 Å². The first-order valence-corrected chi connectivity index (χ1v) is 11.1. The second-order valence-corrected chi connectivity index (χ2v) is 8.11. The zero-order valence-electron chi connectivity index (χ0n) is 19.4. The van der Waals surface area contributed by atoms with Gasteiger partial charge in [-0.15, -0.1) is 13.2 Å². The molecule has 2 aromatic rings. The lowest BCUT2D eigenvalue weighted by Gasteiger charge is -2.35. The standard InChI is InChI=1S/C25H27F3N4O3/c1-16-13-18(10-11-19(16)20-7-3-4-9-22(20)35-25(26,27)28)31-23(33)21-8-5-6-12-32(21)24(34)17(14-29)15-30-2/h3-4,7,9-11,13-15,21,29-30H,5-6,8,12H2,1-2H3,(H,31,33)/b17-15+,29-14?. The molecule has 0 aliphatic carbocycles. The molecule has 0 aromatic heterocycles. The Morgan fingerprint density at radius 1 is 1.14 bits per heavy atom. The van der Waals surface area contributed by atoms with E-state index in [1.54, 1.807) is 38.2 Å². The van der Waals surface area contributed by atoms with Crippen molar-refractivity contribution in [2.24, 2.45) is 0 Å². The van der Waals surface area contributed by atoms with E-state index in [2.05, 4.69) is 15.4 Å². The van der Waals surface area contributed by atoms with Crippen LogP contribution in [0.3, 0.4) is 0 Å². The van der Waals surface area contributed by atoms with Crippen LogP contribution >= 0.6 is 0 Å². The number of carbonyl (C=O) groups excluding carboxylic acids is 2. The van der Waals surface area contributed by atoms with Crippen LogP contribution in [-0.2, 0) is 9.59 Å². The van der Waals surface area contributed by atoms with Gasteiger partial charge in [0, 0.05) is 37.3 Å². The number of hydrogen-bond donors (Lipinski definition) is 3. The highest BCUT2D eigenvalue weighted by molar-refractivity contribution is 6.12. The van der Waals surface area contributed by atoms with Gasteiger partial charge in [0.25, 0.3) is 5.91 Å². The van der Waals surface area contributed by atoms with Gasteiger partial charge in [-0.3, -0.25) is 9.59 Å². The van der Waals surface area contributed by atoms with Crippen molar-refractivity contribution in [1.29, 1.82) is 5.41 Å². The molecule has 1 aliphatic heterocycles. The maximum Gasteiger partial charge on any atom is 0.573 e. The number of rotatable bonds is 7. The zero-order chi connectivity index (χ0) is 25.6. The Hall–Kier alpha value is -3.82. The third-order valence-corrected chi connectivity index (χ3v) is 5.67. The molecule has 3 N–H and O–H groups in total. The number of alkyl halides is 3. The molecule has 1 atom stereocenters. The summed E-state index contributed by atoms with van der Waals surface area (Å²) >= 11 is 0. The molecule has 1 saturated heterocycles. The number of carbonyl (C=O) groups is 2. The molecule has 0 bridgehead atoms. The SMILES string of the molecule is CN/C=C(\C=N)C(=O)N1CCCCC1C(=O)Nc1ccc(-c2ccccc2OC(F)(F)F)c(C)c1. The summed E-state index contributed by atoms with van der Waals surface area (Å²) in [5.74, 6) is -1.07. The summed E-state index contributed by atoms with van der Waals surface area (Å²) in [5, 5.41) is 13.0. The molecular formula is C25H27F3N4O3. The van der Waals surface area contributed by atoms with Gasteiger partial charge in [0.2, 0.25) is 5.91 Å². The van der Waals surface area contributed by atoms with Gasteiger partial charge >= 0.3 is 6.36 Å². The molecule has 2 aromatic carbocycles. The highest BCUT2D eigenvalue weighted by Crippen LogP contribution is 2.36. The van der Waals surface area contributed by atoms with Crippen LogP contribution in [0.2, 0.25) is 0 Å². The predicted octanol–water partition coefficient (Wildman–Crippen LogP) is 4.63. The Balaban J connectivity index is 1.81. The molecule has 7 nitrogen and oxygen atoms in total. The smallest absolute Gasteiger partial charge is 0.405 e. The van der Waals surface area contributed by atoms with E-state index in [1.165, 1.54) is 29.3 Å². The lowest BCUT2D eigenvalue weighted by Crippen LogP contribution is -2.50. The van der Waals surface area contributed by atoms with Crippen LogP contribution in [-0.4, -0.2) is 48.9 Å². The number of para-hydroxylation sites is 1. The first kappa shape index (κ1) is 25.8. The summed E-state index contributed by atoms with van der Waals surface area (Å²) in [6.45, 7) is 2.13. The lowest BCUT2D eigenvalue weighted by molar-refractivity contribution is -0.274. The molecule has 1 heterocycles. The first-order chi connectivity index (χ1) is 16.6.